The maximum absolute atomic E-state index is 14.1. The predicted octanol–water partition coefficient (Wildman–Crippen LogP) is 4.21. The summed E-state index contributed by atoms with van der Waals surface area (Å²) in [5, 5.41) is 3.82. The number of H-pyrrole nitrogens is 1. The molecule has 9 nitrogen and oxygen atoms in total. The zero-order valence-electron chi connectivity index (χ0n) is 23.6. The van der Waals surface area contributed by atoms with Crippen LogP contribution < -0.4 is 10.1 Å². The Kier molecular flexibility index (Phi) is 9.07. The van der Waals surface area contributed by atoms with Gasteiger partial charge in [0.25, 0.3) is 11.7 Å². The molecule has 0 bridgehead atoms. The molecule has 1 atom stereocenters. The van der Waals surface area contributed by atoms with Gasteiger partial charge in [-0.3, -0.25) is 19.2 Å². The van der Waals surface area contributed by atoms with Gasteiger partial charge in [-0.05, 0) is 56.6 Å². The van der Waals surface area contributed by atoms with Gasteiger partial charge in [-0.25, -0.2) is 0 Å². The van der Waals surface area contributed by atoms with Gasteiger partial charge in [-0.2, -0.15) is 0 Å². The molecular weight excluding hydrogens is 508 g/mol. The molecule has 0 spiro atoms. The van der Waals surface area contributed by atoms with Crippen LogP contribution >= 0.6 is 0 Å². The number of fused-ring (bicyclic) bond motifs is 1. The Bertz CT molecular complexity index is 1220. The van der Waals surface area contributed by atoms with Crippen LogP contribution in [0.2, 0.25) is 0 Å². The number of likely N-dealkylation sites (tertiary alicyclic amines) is 1. The van der Waals surface area contributed by atoms with E-state index in [-0.39, 0.29) is 35.9 Å². The van der Waals surface area contributed by atoms with Crippen LogP contribution in [0.1, 0.15) is 87.4 Å². The number of ketones is 1. The van der Waals surface area contributed by atoms with E-state index in [2.05, 4.69) is 10.3 Å². The minimum atomic E-state index is -0.851. The summed E-state index contributed by atoms with van der Waals surface area (Å²) < 4.78 is 5.29. The quantitative estimate of drug-likeness (QED) is 0.359. The van der Waals surface area contributed by atoms with E-state index in [9.17, 15) is 19.2 Å². The van der Waals surface area contributed by atoms with E-state index in [0.29, 0.717) is 29.7 Å². The van der Waals surface area contributed by atoms with Crippen molar-refractivity contribution >= 4 is 34.4 Å². The molecule has 1 saturated heterocycles. The number of methoxy groups -OCH3 is 1. The molecule has 2 aliphatic carbocycles. The van der Waals surface area contributed by atoms with Gasteiger partial charge in [0.2, 0.25) is 11.8 Å². The van der Waals surface area contributed by atoms with Gasteiger partial charge < -0.3 is 24.8 Å². The summed E-state index contributed by atoms with van der Waals surface area (Å²) in [6, 6.07) is 4.48. The van der Waals surface area contributed by atoms with Crippen LogP contribution in [0.3, 0.4) is 0 Å². The highest BCUT2D eigenvalue weighted by atomic mass is 16.5. The molecule has 2 N–H and O–H groups in total. The summed E-state index contributed by atoms with van der Waals surface area (Å²) in [6.45, 7) is 1.02. The van der Waals surface area contributed by atoms with Crippen LogP contribution in [-0.4, -0.2) is 77.1 Å². The van der Waals surface area contributed by atoms with Gasteiger partial charge in [-0.1, -0.05) is 38.5 Å². The molecule has 1 aromatic heterocycles. The van der Waals surface area contributed by atoms with Crippen molar-refractivity contribution in [1.82, 2.24) is 20.1 Å². The summed E-state index contributed by atoms with van der Waals surface area (Å²) in [5.41, 5.74) is 0.908. The Balaban J connectivity index is 1.47. The third-order valence-corrected chi connectivity index (χ3v) is 9.01. The van der Waals surface area contributed by atoms with E-state index in [1.165, 1.54) is 17.5 Å². The maximum Gasteiger partial charge on any atom is 0.296 e. The minimum absolute atomic E-state index is 0.0675. The molecule has 40 heavy (non-hydrogen) atoms. The summed E-state index contributed by atoms with van der Waals surface area (Å²) in [5.74, 6) is -1.39. The Morgan fingerprint density at radius 1 is 0.975 bits per heavy atom. The minimum Gasteiger partial charge on any atom is -0.497 e. The number of nitrogens with zero attached hydrogens (tertiary/aromatic N) is 2. The van der Waals surface area contributed by atoms with Crippen molar-refractivity contribution in [1.29, 1.82) is 0 Å². The average molecular weight is 551 g/mol. The molecular formula is C31H42N4O5. The second-order valence-electron chi connectivity index (χ2n) is 11.7. The molecule has 2 saturated carbocycles. The van der Waals surface area contributed by atoms with Crippen LogP contribution in [0.5, 0.6) is 5.75 Å². The Morgan fingerprint density at radius 2 is 1.65 bits per heavy atom. The van der Waals surface area contributed by atoms with Gasteiger partial charge >= 0.3 is 0 Å². The first-order valence-electron chi connectivity index (χ1n) is 15.0. The average Bonchev–Trinajstić information content (AvgIpc) is 3.67. The Morgan fingerprint density at radius 3 is 2.33 bits per heavy atom. The lowest BCUT2D eigenvalue weighted by molar-refractivity contribution is -0.145. The second-order valence-corrected chi connectivity index (χ2v) is 11.7. The molecule has 0 radical (unpaired) electrons. The summed E-state index contributed by atoms with van der Waals surface area (Å²) in [7, 11) is 1.57. The van der Waals surface area contributed by atoms with Gasteiger partial charge in [0.15, 0.2) is 0 Å². The lowest BCUT2D eigenvalue weighted by atomic mass is 9.82. The first kappa shape index (κ1) is 28.2. The molecule has 9 heteroatoms. The number of hydrogen-bond acceptors (Lipinski definition) is 5. The maximum atomic E-state index is 14.1. The van der Waals surface area contributed by atoms with Crippen molar-refractivity contribution in [3.8, 4) is 5.75 Å². The number of aromatic amines is 1. The first-order valence-corrected chi connectivity index (χ1v) is 15.0. The standard InChI is InChI=1S/C31H42N4O5/c1-40-23-14-15-24-25(19-32-26(24)18-23)29(37)31(39)35(20-27(36)34-16-8-9-17-34)28(21-10-4-2-5-11-21)30(38)33-22-12-6-3-7-13-22/h14-15,18-19,21-22,28,32H,2-13,16-17,20H2,1H3,(H,33,38)/t28-/m1/s1. The van der Waals surface area contributed by atoms with E-state index < -0.39 is 17.7 Å². The molecule has 2 aromatic rings. The topological polar surface area (TPSA) is 112 Å². The number of benzene rings is 1. The number of hydrogen-bond donors (Lipinski definition) is 2. The SMILES string of the molecule is COc1ccc2c(C(=O)C(=O)N(CC(=O)N3CCCC3)[C@@H](C(=O)NC3CCCCC3)C3CCCCC3)c[nH]c2c1. The lowest BCUT2D eigenvalue weighted by Crippen LogP contribution is -2.59. The number of aromatic nitrogens is 1. The Labute approximate surface area is 236 Å². The van der Waals surface area contributed by atoms with Crippen LogP contribution in [0.15, 0.2) is 24.4 Å². The molecule has 3 amide bonds. The summed E-state index contributed by atoms with van der Waals surface area (Å²) in [6.07, 6.45) is 13.1. The molecule has 5 rings (SSSR count). The fraction of sp³-hybridized carbons (Fsp3) is 0.613. The zero-order valence-corrected chi connectivity index (χ0v) is 23.6. The second kappa shape index (κ2) is 12.9. The Hall–Kier alpha value is -3.36. The van der Waals surface area contributed by atoms with Crippen molar-refractivity contribution in [2.45, 2.75) is 89.1 Å². The van der Waals surface area contributed by atoms with Crippen molar-refractivity contribution in [3.63, 3.8) is 0 Å². The van der Waals surface area contributed by atoms with Crippen molar-refractivity contribution in [2.75, 3.05) is 26.7 Å². The first-order chi connectivity index (χ1) is 19.5. The normalized spacial score (nSPS) is 19.4. The summed E-state index contributed by atoms with van der Waals surface area (Å²) in [4.78, 5) is 61.5. The number of amides is 3. The number of carbonyl (C=O) groups excluding carboxylic acids is 4. The van der Waals surface area contributed by atoms with Gasteiger partial charge in [0.05, 0.1) is 12.7 Å². The van der Waals surface area contributed by atoms with Crippen molar-refractivity contribution in [3.05, 3.63) is 30.0 Å². The van der Waals surface area contributed by atoms with Crippen LogP contribution in [0, 0.1) is 5.92 Å². The van der Waals surface area contributed by atoms with E-state index in [0.717, 1.165) is 70.6 Å². The van der Waals surface area contributed by atoms with Gasteiger partial charge in [0.1, 0.15) is 18.3 Å². The van der Waals surface area contributed by atoms with Gasteiger partial charge in [0, 0.05) is 42.3 Å². The molecule has 0 unspecified atom stereocenters. The molecule has 1 aliphatic heterocycles. The number of carbonyl (C=O) groups is 4. The highest BCUT2D eigenvalue weighted by molar-refractivity contribution is 6.45. The highest BCUT2D eigenvalue weighted by Crippen LogP contribution is 2.31. The zero-order chi connectivity index (χ0) is 28.1. The van der Waals surface area contributed by atoms with E-state index >= 15 is 0 Å². The van der Waals surface area contributed by atoms with E-state index in [1.54, 1.807) is 30.2 Å². The van der Waals surface area contributed by atoms with E-state index in [4.69, 9.17) is 4.74 Å². The third-order valence-electron chi connectivity index (χ3n) is 9.01. The van der Waals surface area contributed by atoms with Crippen LogP contribution in [-0.2, 0) is 14.4 Å². The molecule has 1 aromatic carbocycles. The van der Waals surface area contributed by atoms with Crippen molar-refractivity contribution in [2.24, 2.45) is 5.92 Å². The molecule has 216 valence electrons. The third kappa shape index (κ3) is 6.18. The molecule has 2 heterocycles. The largest absolute Gasteiger partial charge is 0.497 e. The number of ether oxygens (including phenoxy) is 1. The van der Waals surface area contributed by atoms with Crippen molar-refractivity contribution < 1.29 is 23.9 Å². The van der Waals surface area contributed by atoms with Crippen LogP contribution in [0.4, 0.5) is 0 Å². The van der Waals surface area contributed by atoms with Gasteiger partial charge in [-0.15, -0.1) is 0 Å². The number of nitrogens with one attached hydrogen (secondary N) is 2. The fourth-order valence-corrected chi connectivity index (χ4v) is 6.77. The molecule has 3 fully saturated rings. The lowest BCUT2D eigenvalue weighted by Gasteiger charge is -2.38. The van der Waals surface area contributed by atoms with E-state index in [1.807, 2.05) is 0 Å². The van der Waals surface area contributed by atoms with Crippen LogP contribution in [0.25, 0.3) is 10.9 Å². The smallest absolute Gasteiger partial charge is 0.296 e. The highest BCUT2D eigenvalue weighted by Gasteiger charge is 2.42. The molecule has 3 aliphatic rings. The fourth-order valence-electron chi connectivity index (χ4n) is 6.77. The number of Topliss-reactive ketones (excluding diaryl/α,β-unsaturated/α-hetero) is 1. The summed E-state index contributed by atoms with van der Waals surface area (Å²) >= 11 is 0. The monoisotopic (exact) mass is 550 g/mol. The predicted molar refractivity (Wildman–Crippen MR) is 152 cm³/mol. The number of rotatable bonds is 9.